The second kappa shape index (κ2) is 3.22. The highest BCUT2D eigenvalue weighted by atomic mass is 16.7. The highest BCUT2D eigenvalue weighted by molar-refractivity contribution is 5.83. The van der Waals surface area contributed by atoms with E-state index in [2.05, 4.69) is 0 Å². The largest absolute Gasteiger partial charge is 0.461 e. The number of carbonyl (C=O) groups is 1. The molecular formula is C21H24O4. The first-order valence-electron chi connectivity index (χ1n) is 10.7. The lowest BCUT2D eigenvalue weighted by atomic mass is 9.52. The van der Waals surface area contributed by atoms with Gasteiger partial charge in [-0.2, -0.15) is 0 Å². The minimum absolute atomic E-state index is 0.0933. The van der Waals surface area contributed by atoms with Gasteiger partial charge in [-0.05, 0) is 78.9 Å². The van der Waals surface area contributed by atoms with Crippen LogP contribution >= 0.6 is 0 Å². The third-order valence-corrected chi connectivity index (χ3v) is 11.5. The van der Waals surface area contributed by atoms with Crippen molar-refractivity contribution in [1.82, 2.24) is 0 Å². The summed E-state index contributed by atoms with van der Waals surface area (Å²) in [6.07, 6.45) is 5.40. The van der Waals surface area contributed by atoms with E-state index >= 15 is 0 Å². The van der Waals surface area contributed by atoms with Crippen LogP contribution in [-0.2, 0) is 19.0 Å². The van der Waals surface area contributed by atoms with Crippen molar-refractivity contribution in [3.05, 3.63) is 0 Å². The molecule has 4 nitrogen and oxygen atoms in total. The molecule has 25 heavy (non-hydrogen) atoms. The SMILES string of the molecule is CO[C@@]12O[C@H]3CC[C@H]4[C@H]3[C@H]3[C@H]5[C@@H]6[C@@H]([C@@H]7CC[C@H]8OC(=O)[C@@]1([C@@H]6[C@H]78)[C@@H]45)[C@H]32. The molecule has 2 heterocycles. The molecule has 0 unspecified atom stereocenters. The van der Waals surface area contributed by atoms with Gasteiger partial charge in [0.2, 0.25) is 0 Å². The number of carbonyl (C=O) groups excluding carboxylic acids is 1. The molecule has 10 fully saturated rings. The number of methoxy groups -OCH3 is 1. The molecule has 0 N–H and O–H groups in total. The second-order valence-corrected chi connectivity index (χ2v) is 10.9. The zero-order valence-corrected chi connectivity index (χ0v) is 14.5. The van der Waals surface area contributed by atoms with Gasteiger partial charge < -0.3 is 14.2 Å². The molecule has 8 aliphatic carbocycles. The second-order valence-electron chi connectivity index (χ2n) is 10.9. The van der Waals surface area contributed by atoms with Gasteiger partial charge in [-0.3, -0.25) is 4.79 Å². The molecule has 0 aromatic heterocycles. The van der Waals surface area contributed by atoms with Crippen molar-refractivity contribution < 1.29 is 19.0 Å². The van der Waals surface area contributed by atoms with Gasteiger partial charge in [-0.15, -0.1) is 0 Å². The van der Waals surface area contributed by atoms with Crippen LogP contribution in [0.2, 0.25) is 0 Å². The maximum Gasteiger partial charge on any atom is 0.318 e. The number of rotatable bonds is 1. The van der Waals surface area contributed by atoms with Gasteiger partial charge in [0.15, 0.2) is 5.79 Å². The zero-order chi connectivity index (χ0) is 16.0. The Kier molecular flexibility index (Phi) is 1.64. The van der Waals surface area contributed by atoms with Crippen LogP contribution in [0.5, 0.6) is 0 Å². The third kappa shape index (κ3) is 0.818. The summed E-state index contributed by atoms with van der Waals surface area (Å²) in [5.41, 5.74) is -0.455. The lowest BCUT2D eigenvalue weighted by molar-refractivity contribution is -0.389. The quantitative estimate of drug-likeness (QED) is 0.686. The van der Waals surface area contributed by atoms with Gasteiger partial charge in [-0.25, -0.2) is 0 Å². The molecule has 0 aromatic rings. The predicted molar refractivity (Wildman–Crippen MR) is 83.8 cm³/mol. The first kappa shape index (κ1) is 12.7. The van der Waals surface area contributed by atoms with Crippen LogP contribution in [-0.4, -0.2) is 31.1 Å². The summed E-state index contributed by atoms with van der Waals surface area (Å²) < 4.78 is 19.6. The van der Waals surface area contributed by atoms with E-state index in [9.17, 15) is 4.79 Å². The third-order valence-electron chi connectivity index (χ3n) is 11.5. The normalized spacial score (nSPS) is 79.1. The van der Waals surface area contributed by atoms with E-state index in [0.29, 0.717) is 35.7 Å². The summed E-state index contributed by atoms with van der Waals surface area (Å²) >= 11 is 0. The van der Waals surface area contributed by atoms with Gasteiger partial charge in [0, 0.05) is 18.9 Å². The van der Waals surface area contributed by atoms with E-state index in [1.807, 2.05) is 7.11 Å². The number of hydrogen-bond acceptors (Lipinski definition) is 4. The number of hydrogen-bond donors (Lipinski definition) is 0. The molecule has 2 saturated heterocycles. The molecule has 8 saturated carbocycles. The minimum atomic E-state index is -0.649. The van der Waals surface area contributed by atoms with Gasteiger partial charge in [0.1, 0.15) is 11.5 Å². The maximum atomic E-state index is 13.8. The summed E-state index contributed by atoms with van der Waals surface area (Å²) in [6.45, 7) is 0. The first-order valence-corrected chi connectivity index (χ1v) is 10.7. The van der Waals surface area contributed by atoms with E-state index in [0.717, 1.165) is 41.9 Å². The minimum Gasteiger partial charge on any atom is -0.461 e. The standard InChI is InChI=1S/C21H24O4/c1-23-21-18-12-6-2-4-8-11(6)17-14(12)15-13(18)10-7(3-5-9(10)25-21)16(15)20(17,21)19(22)24-8/h6-18H,2-5H2,1H3/t6-,7+,8-,9+,10-,11-,12-,13+,14+,15+,16+,17-,18-,20+,21+/m1/s1. The molecule has 2 aliphatic heterocycles. The van der Waals surface area contributed by atoms with E-state index in [-0.39, 0.29) is 12.1 Å². The highest BCUT2D eigenvalue weighted by Crippen LogP contribution is 2.93. The van der Waals surface area contributed by atoms with Crippen molar-refractivity contribution in [3.63, 3.8) is 0 Å². The lowest BCUT2D eigenvalue weighted by Gasteiger charge is -2.62. The summed E-state index contributed by atoms with van der Waals surface area (Å²) in [4.78, 5) is 13.8. The Hall–Kier alpha value is -0.610. The molecule has 10 aliphatic rings. The number of ether oxygens (including phenoxy) is 3. The Morgan fingerprint density at radius 2 is 1.60 bits per heavy atom. The Morgan fingerprint density at radius 3 is 2.48 bits per heavy atom. The highest BCUT2D eigenvalue weighted by Gasteiger charge is 2.98. The van der Waals surface area contributed by atoms with E-state index in [4.69, 9.17) is 14.2 Å². The van der Waals surface area contributed by atoms with E-state index in [1.54, 1.807) is 0 Å². The Bertz CT molecular complexity index is 780. The maximum absolute atomic E-state index is 13.8. The molecule has 0 radical (unpaired) electrons. The van der Waals surface area contributed by atoms with Crippen molar-refractivity contribution in [1.29, 1.82) is 0 Å². The summed E-state index contributed by atoms with van der Waals surface area (Å²) in [7, 11) is 1.84. The van der Waals surface area contributed by atoms with E-state index < -0.39 is 11.2 Å². The molecule has 4 heteroatoms. The average Bonchev–Trinajstić information content (AvgIpc) is 3.34. The van der Waals surface area contributed by atoms with Crippen molar-refractivity contribution in [2.75, 3.05) is 7.11 Å². The summed E-state index contributed by atoms with van der Waals surface area (Å²) in [5, 5.41) is 0. The average molecular weight is 340 g/mol. The molecule has 0 aromatic carbocycles. The first-order chi connectivity index (χ1) is 12.3. The molecular weight excluding hydrogens is 316 g/mol. The fourth-order valence-electron chi connectivity index (χ4n) is 12.1. The molecule has 15 atom stereocenters. The van der Waals surface area contributed by atoms with Gasteiger partial charge in [-0.1, -0.05) is 0 Å². The lowest BCUT2D eigenvalue weighted by Crippen LogP contribution is -2.73. The van der Waals surface area contributed by atoms with E-state index in [1.165, 1.54) is 19.3 Å². The molecule has 9 bridgehead atoms. The summed E-state index contributed by atoms with van der Waals surface area (Å²) in [6, 6.07) is 0. The van der Waals surface area contributed by atoms with Crippen LogP contribution in [0.25, 0.3) is 0 Å². The zero-order valence-electron chi connectivity index (χ0n) is 14.5. The van der Waals surface area contributed by atoms with Gasteiger partial charge in [0.25, 0.3) is 0 Å². The molecule has 132 valence electrons. The summed E-state index contributed by atoms with van der Waals surface area (Å²) in [5.74, 6) is 6.89. The van der Waals surface area contributed by atoms with Crippen LogP contribution in [0, 0.1) is 70.5 Å². The molecule has 0 amide bonds. The Labute approximate surface area is 146 Å². The monoisotopic (exact) mass is 340 g/mol. The fraction of sp³-hybridized carbons (Fsp3) is 0.952. The van der Waals surface area contributed by atoms with Crippen LogP contribution in [0.1, 0.15) is 25.7 Å². The van der Waals surface area contributed by atoms with Gasteiger partial charge in [0.05, 0.1) is 6.10 Å². The Balaban J connectivity index is 1.45. The topological polar surface area (TPSA) is 44.8 Å². The Morgan fingerprint density at radius 1 is 0.840 bits per heavy atom. The molecule has 1 spiro atoms. The van der Waals surface area contributed by atoms with Crippen molar-refractivity contribution in [2.45, 2.75) is 43.7 Å². The van der Waals surface area contributed by atoms with Crippen LogP contribution in [0.3, 0.4) is 0 Å². The van der Waals surface area contributed by atoms with Crippen molar-refractivity contribution in [3.8, 4) is 0 Å². The molecule has 10 rings (SSSR count). The van der Waals surface area contributed by atoms with Crippen molar-refractivity contribution >= 4 is 5.97 Å². The predicted octanol–water partition coefficient (Wildman–Crippen LogP) is 2.07. The van der Waals surface area contributed by atoms with Gasteiger partial charge >= 0.3 is 5.97 Å². The smallest absolute Gasteiger partial charge is 0.318 e. The van der Waals surface area contributed by atoms with Crippen LogP contribution in [0.15, 0.2) is 0 Å². The van der Waals surface area contributed by atoms with Crippen molar-refractivity contribution in [2.24, 2.45) is 70.5 Å². The number of esters is 1. The fourth-order valence-corrected chi connectivity index (χ4v) is 12.1. The van der Waals surface area contributed by atoms with Crippen LogP contribution < -0.4 is 0 Å². The van der Waals surface area contributed by atoms with Crippen LogP contribution in [0.4, 0.5) is 0 Å².